The number of amides is 2. The van der Waals surface area contributed by atoms with Crippen molar-refractivity contribution >= 4 is 29.1 Å². The van der Waals surface area contributed by atoms with Gasteiger partial charge in [-0.1, -0.05) is 23.7 Å². The molecule has 3 rings (SSSR count). The van der Waals surface area contributed by atoms with Crippen molar-refractivity contribution in [2.45, 2.75) is 12.8 Å². The van der Waals surface area contributed by atoms with Crippen molar-refractivity contribution in [1.29, 1.82) is 0 Å². The van der Waals surface area contributed by atoms with Crippen molar-refractivity contribution in [3.63, 3.8) is 0 Å². The van der Waals surface area contributed by atoms with E-state index in [4.69, 9.17) is 11.6 Å². The first kappa shape index (κ1) is 17.4. The molecule has 0 aliphatic carbocycles. The Labute approximate surface area is 150 Å². The largest absolute Gasteiger partial charge is 0.355 e. The summed E-state index contributed by atoms with van der Waals surface area (Å²) < 4.78 is 13.0. The average Bonchev–Trinajstić information content (AvgIpc) is 2.99. The van der Waals surface area contributed by atoms with Crippen molar-refractivity contribution in [2.75, 3.05) is 18.0 Å². The van der Waals surface area contributed by atoms with Crippen LogP contribution in [0.3, 0.4) is 0 Å². The van der Waals surface area contributed by atoms with Crippen molar-refractivity contribution < 1.29 is 14.0 Å². The summed E-state index contributed by atoms with van der Waals surface area (Å²) in [4.78, 5) is 26.3. The highest BCUT2D eigenvalue weighted by atomic mass is 35.5. The SMILES string of the molecule is O=C(NCCc1ccc(Cl)cc1)[C@@H]1CCN(c2ccc(F)cc2)C1=O. The second-order valence-corrected chi connectivity index (χ2v) is 6.41. The molecule has 2 aromatic rings. The van der Waals surface area contributed by atoms with Gasteiger partial charge in [0.1, 0.15) is 11.7 Å². The fourth-order valence-corrected chi connectivity index (χ4v) is 3.03. The zero-order valence-electron chi connectivity index (χ0n) is 13.5. The summed E-state index contributed by atoms with van der Waals surface area (Å²) in [5, 5.41) is 3.49. The Bertz CT molecular complexity index is 762. The normalized spacial score (nSPS) is 17.0. The maximum atomic E-state index is 13.0. The van der Waals surface area contributed by atoms with Gasteiger partial charge in [-0.2, -0.15) is 0 Å². The van der Waals surface area contributed by atoms with Crippen LogP contribution in [0.15, 0.2) is 48.5 Å². The Kier molecular flexibility index (Phi) is 5.34. The van der Waals surface area contributed by atoms with Crippen LogP contribution in [0, 0.1) is 11.7 Å². The second-order valence-electron chi connectivity index (χ2n) is 5.98. The molecule has 6 heteroatoms. The Hall–Kier alpha value is -2.40. The highest BCUT2D eigenvalue weighted by molar-refractivity contribution is 6.30. The highest BCUT2D eigenvalue weighted by Crippen LogP contribution is 2.25. The average molecular weight is 361 g/mol. The third-order valence-corrected chi connectivity index (χ3v) is 4.54. The van der Waals surface area contributed by atoms with E-state index in [1.807, 2.05) is 12.1 Å². The molecule has 4 nitrogen and oxygen atoms in total. The van der Waals surface area contributed by atoms with Crippen molar-refractivity contribution in [2.24, 2.45) is 5.92 Å². The summed E-state index contributed by atoms with van der Waals surface area (Å²) in [6, 6.07) is 13.1. The molecule has 1 N–H and O–H groups in total. The number of hydrogen-bond donors (Lipinski definition) is 1. The van der Waals surface area contributed by atoms with Gasteiger partial charge in [0.25, 0.3) is 0 Å². The monoisotopic (exact) mass is 360 g/mol. The Balaban J connectivity index is 1.53. The van der Waals surface area contributed by atoms with E-state index in [0.717, 1.165) is 5.56 Å². The molecule has 130 valence electrons. The first-order valence-electron chi connectivity index (χ1n) is 8.14. The summed E-state index contributed by atoms with van der Waals surface area (Å²) in [5.74, 6) is -1.54. The van der Waals surface area contributed by atoms with Gasteiger partial charge in [0.2, 0.25) is 11.8 Å². The maximum Gasteiger partial charge on any atom is 0.239 e. The van der Waals surface area contributed by atoms with E-state index in [1.165, 1.54) is 17.0 Å². The Morgan fingerprint density at radius 3 is 2.52 bits per heavy atom. The molecule has 25 heavy (non-hydrogen) atoms. The number of halogens is 2. The lowest BCUT2D eigenvalue weighted by molar-refractivity contribution is -0.132. The summed E-state index contributed by atoms with van der Waals surface area (Å²) in [7, 11) is 0. The van der Waals surface area contributed by atoms with E-state index in [9.17, 15) is 14.0 Å². The van der Waals surface area contributed by atoms with Gasteiger partial charge in [0.05, 0.1) is 0 Å². The first-order chi connectivity index (χ1) is 12.0. The van der Waals surface area contributed by atoms with Crippen molar-refractivity contribution in [3.05, 3.63) is 64.9 Å². The third-order valence-electron chi connectivity index (χ3n) is 4.29. The van der Waals surface area contributed by atoms with E-state index in [1.54, 1.807) is 24.3 Å². The fourth-order valence-electron chi connectivity index (χ4n) is 2.90. The molecule has 1 aliphatic heterocycles. The number of nitrogens with one attached hydrogen (secondary N) is 1. The summed E-state index contributed by atoms with van der Waals surface area (Å²) in [5.41, 5.74) is 1.68. The van der Waals surface area contributed by atoms with Gasteiger partial charge >= 0.3 is 0 Å². The Morgan fingerprint density at radius 2 is 1.84 bits per heavy atom. The molecule has 1 aliphatic rings. The molecule has 2 aromatic carbocycles. The van der Waals surface area contributed by atoms with Gasteiger partial charge in [-0.15, -0.1) is 0 Å². The van der Waals surface area contributed by atoms with Gasteiger partial charge in [-0.25, -0.2) is 4.39 Å². The number of carbonyl (C=O) groups excluding carboxylic acids is 2. The lowest BCUT2D eigenvalue weighted by atomic mass is 10.1. The molecule has 0 saturated carbocycles. The van der Waals surface area contributed by atoms with Gasteiger partial charge < -0.3 is 10.2 Å². The minimum Gasteiger partial charge on any atom is -0.355 e. The quantitative estimate of drug-likeness (QED) is 0.832. The molecule has 0 radical (unpaired) electrons. The van der Waals surface area contributed by atoms with Crippen LogP contribution in [0.2, 0.25) is 5.02 Å². The summed E-state index contributed by atoms with van der Waals surface area (Å²) >= 11 is 5.84. The molecular weight excluding hydrogens is 343 g/mol. The van der Waals surface area contributed by atoms with Gasteiger partial charge in [-0.3, -0.25) is 9.59 Å². The number of nitrogens with zero attached hydrogens (tertiary/aromatic N) is 1. The van der Waals surface area contributed by atoms with Gasteiger partial charge in [0, 0.05) is 23.8 Å². The van der Waals surface area contributed by atoms with Crippen molar-refractivity contribution in [3.8, 4) is 0 Å². The predicted molar refractivity (Wildman–Crippen MR) is 95.0 cm³/mol. The highest BCUT2D eigenvalue weighted by Gasteiger charge is 2.37. The van der Waals surface area contributed by atoms with E-state index in [0.29, 0.717) is 36.6 Å². The lowest BCUT2D eigenvalue weighted by Crippen LogP contribution is -2.37. The molecule has 0 spiro atoms. The van der Waals surface area contributed by atoms with E-state index < -0.39 is 5.92 Å². The lowest BCUT2D eigenvalue weighted by Gasteiger charge is -2.16. The molecule has 0 unspecified atom stereocenters. The van der Waals surface area contributed by atoms with Crippen LogP contribution in [0.4, 0.5) is 10.1 Å². The van der Waals surface area contributed by atoms with Crippen LogP contribution in [0.25, 0.3) is 0 Å². The van der Waals surface area contributed by atoms with Gasteiger partial charge in [0.15, 0.2) is 0 Å². The minimum absolute atomic E-state index is 0.240. The molecule has 1 fully saturated rings. The van der Waals surface area contributed by atoms with E-state index in [-0.39, 0.29) is 17.6 Å². The van der Waals surface area contributed by atoms with Crippen LogP contribution < -0.4 is 10.2 Å². The second kappa shape index (κ2) is 7.66. The number of benzene rings is 2. The molecule has 1 atom stereocenters. The molecular formula is C19H18ClFN2O2. The standard InChI is InChI=1S/C19H18ClFN2O2/c20-14-3-1-13(2-4-14)9-11-22-18(24)17-10-12-23(19(17)25)16-7-5-15(21)6-8-16/h1-8,17H,9-12H2,(H,22,24)/t17-/m0/s1. The van der Waals surface area contributed by atoms with Crippen LogP contribution in [0.1, 0.15) is 12.0 Å². The molecule has 0 aromatic heterocycles. The van der Waals surface area contributed by atoms with Crippen LogP contribution in [-0.4, -0.2) is 24.9 Å². The Morgan fingerprint density at radius 1 is 1.16 bits per heavy atom. The smallest absolute Gasteiger partial charge is 0.239 e. The summed E-state index contributed by atoms with van der Waals surface area (Å²) in [6.07, 6.45) is 1.13. The summed E-state index contributed by atoms with van der Waals surface area (Å²) in [6.45, 7) is 0.917. The van der Waals surface area contributed by atoms with Crippen LogP contribution >= 0.6 is 11.6 Å². The molecule has 1 heterocycles. The zero-order valence-corrected chi connectivity index (χ0v) is 14.3. The van der Waals surface area contributed by atoms with Crippen molar-refractivity contribution in [1.82, 2.24) is 5.32 Å². The predicted octanol–water partition coefficient (Wildman–Crippen LogP) is 3.19. The van der Waals surface area contributed by atoms with Gasteiger partial charge in [-0.05, 0) is 54.8 Å². The van der Waals surface area contributed by atoms with E-state index >= 15 is 0 Å². The minimum atomic E-state index is -0.685. The first-order valence-corrected chi connectivity index (χ1v) is 8.51. The number of rotatable bonds is 5. The third kappa shape index (κ3) is 4.17. The zero-order chi connectivity index (χ0) is 17.8. The van der Waals surface area contributed by atoms with E-state index in [2.05, 4.69) is 5.32 Å². The van der Waals surface area contributed by atoms with Crippen LogP contribution in [-0.2, 0) is 16.0 Å². The fraction of sp³-hybridized carbons (Fsp3) is 0.263. The van der Waals surface area contributed by atoms with Crippen LogP contribution in [0.5, 0.6) is 0 Å². The molecule has 2 amide bonds. The number of carbonyl (C=O) groups is 2. The molecule has 1 saturated heterocycles. The maximum absolute atomic E-state index is 13.0. The number of hydrogen-bond acceptors (Lipinski definition) is 2. The number of anilines is 1. The topological polar surface area (TPSA) is 49.4 Å². The molecule has 0 bridgehead atoms.